The van der Waals surface area contributed by atoms with Crippen LogP contribution >= 0.6 is 0 Å². The SMILES string of the molecule is Cc1cc(-c2cc(COC=O)on2)cc(C)c1OCc1ccccc1. The van der Waals surface area contributed by atoms with Gasteiger partial charge in [-0.25, -0.2) is 0 Å². The molecule has 0 saturated heterocycles. The molecule has 25 heavy (non-hydrogen) atoms. The van der Waals surface area contributed by atoms with Crippen LogP contribution < -0.4 is 4.74 Å². The Kier molecular flexibility index (Phi) is 5.14. The van der Waals surface area contributed by atoms with Crippen molar-refractivity contribution in [2.75, 3.05) is 0 Å². The summed E-state index contributed by atoms with van der Waals surface area (Å²) in [6.45, 7) is 5.00. The minimum absolute atomic E-state index is 0.0761. The number of carbonyl (C=O) groups excluding carboxylic acids is 1. The van der Waals surface area contributed by atoms with E-state index >= 15 is 0 Å². The highest BCUT2D eigenvalue weighted by molar-refractivity contribution is 5.64. The van der Waals surface area contributed by atoms with Gasteiger partial charge in [0, 0.05) is 11.6 Å². The maximum absolute atomic E-state index is 10.2. The van der Waals surface area contributed by atoms with Crippen molar-refractivity contribution in [3.8, 4) is 17.0 Å². The summed E-state index contributed by atoms with van der Waals surface area (Å²) in [5.74, 6) is 1.38. The molecule has 0 spiro atoms. The average Bonchev–Trinajstić information content (AvgIpc) is 3.09. The lowest BCUT2D eigenvalue weighted by Gasteiger charge is -2.13. The Balaban J connectivity index is 1.77. The molecule has 3 aromatic rings. The van der Waals surface area contributed by atoms with E-state index in [-0.39, 0.29) is 6.61 Å². The van der Waals surface area contributed by atoms with Gasteiger partial charge in [-0.2, -0.15) is 0 Å². The summed E-state index contributed by atoms with van der Waals surface area (Å²) in [5, 5.41) is 4.03. The summed E-state index contributed by atoms with van der Waals surface area (Å²) in [7, 11) is 0. The first-order valence-corrected chi connectivity index (χ1v) is 7.96. The van der Waals surface area contributed by atoms with Crippen molar-refractivity contribution in [3.05, 3.63) is 71.0 Å². The summed E-state index contributed by atoms with van der Waals surface area (Å²) in [5.41, 5.74) is 4.81. The molecule has 0 bridgehead atoms. The number of aromatic nitrogens is 1. The maximum Gasteiger partial charge on any atom is 0.293 e. The minimum Gasteiger partial charge on any atom is -0.488 e. The van der Waals surface area contributed by atoms with Crippen molar-refractivity contribution in [1.29, 1.82) is 0 Å². The van der Waals surface area contributed by atoms with Gasteiger partial charge in [0.05, 0.1) is 0 Å². The van der Waals surface area contributed by atoms with E-state index in [1.165, 1.54) is 0 Å². The number of hydrogen-bond acceptors (Lipinski definition) is 5. The highest BCUT2D eigenvalue weighted by Crippen LogP contribution is 2.30. The van der Waals surface area contributed by atoms with Gasteiger partial charge in [-0.1, -0.05) is 35.5 Å². The first kappa shape index (κ1) is 16.8. The number of aryl methyl sites for hydroxylation is 2. The zero-order valence-electron chi connectivity index (χ0n) is 14.2. The van der Waals surface area contributed by atoms with Gasteiger partial charge in [-0.05, 0) is 42.7 Å². The maximum atomic E-state index is 10.2. The number of rotatable bonds is 7. The third-order valence-corrected chi connectivity index (χ3v) is 3.83. The molecule has 0 saturated carbocycles. The molecule has 2 aromatic carbocycles. The van der Waals surface area contributed by atoms with E-state index in [2.05, 4.69) is 9.89 Å². The van der Waals surface area contributed by atoms with Crippen molar-refractivity contribution in [2.45, 2.75) is 27.1 Å². The third kappa shape index (κ3) is 4.07. The molecule has 3 rings (SSSR count). The van der Waals surface area contributed by atoms with Crippen molar-refractivity contribution in [1.82, 2.24) is 5.16 Å². The van der Waals surface area contributed by atoms with E-state index in [9.17, 15) is 4.79 Å². The van der Waals surface area contributed by atoms with E-state index in [1.54, 1.807) is 6.07 Å². The van der Waals surface area contributed by atoms with Crippen molar-refractivity contribution >= 4 is 6.47 Å². The third-order valence-electron chi connectivity index (χ3n) is 3.83. The molecule has 0 aliphatic rings. The number of nitrogens with zero attached hydrogens (tertiary/aromatic N) is 1. The summed E-state index contributed by atoms with van der Waals surface area (Å²) in [6.07, 6.45) is 0. The lowest BCUT2D eigenvalue weighted by Crippen LogP contribution is -1.99. The molecule has 1 aromatic heterocycles. The minimum atomic E-state index is 0.0761. The van der Waals surface area contributed by atoms with E-state index in [0.29, 0.717) is 24.5 Å². The number of ether oxygens (including phenoxy) is 2. The fraction of sp³-hybridized carbons (Fsp3) is 0.200. The molecule has 0 atom stereocenters. The highest BCUT2D eigenvalue weighted by atomic mass is 16.5. The molecular formula is C20H19NO4. The van der Waals surface area contributed by atoms with Crippen LogP contribution in [-0.4, -0.2) is 11.6 Å². The molecule has 0 N–H and O–H groups in total. The van der Waals surface area contributed by atoms with Crippen molar-refractivity contribution < 1.29 is 18.8 Å². The normalized spacial score (nSPS) is 10.5. The zero-order valence-corrected chi connectivity index (χ0v) is 14.2. The van der Waals surface area contributed by atoms with Gasteiger partial charge in [0.25, 0.3) is 6.47 Å². The van der Waals surface area contributed by atoms with E-state index < -0.39 is 0 Å². The Hall–Kier alpha value is -3.08. The van der Waals surface area contributed by atoms with Crippen LogP contribution in [0.3, 0.4) is 0 Å². The fourth-order valence-corrected chi connectivity index (χ4v) is 2.69. The van der Waals surface area contributed by atoms with E-state index in [1.807, 2.05) is 56.3 Å². The standard InChI is InChI=1S/C20H19NO4/c1-14-8-17(19-10-18(25-21-19)12-23-13-22)9-15(2)20(14)24-11-16-6-4-3-5-7-16/h3-10,13H,11-12H2,1-2H3. The monoisotopic (exact) mass is 337 g/mol. The quantitative estimate of drug-likeness (QED) is 0.604. The van der Waals surface area contributed by atoms with Crippen LogP contribution in [0.15, 0.2) is 53.1 Å². The summed E-state index contributed by atoms with van der Waals surface area (Å²) in [6, 6.07) is 15.8. The van der Waals surface area contributed by atoms with Gasteiger partial charge < -0.3 is 14.0 Å². The molecule has 128 valence electrons. The molecule has 0 fully saturated rings. The van der Waals surface area contributed by atoms with Crippen molar-refractivity contribution in [3.63, 3.8) is 0 Å². The molecule has 0 aliphatic carbocycles. The van der Waals surface area contributed by atoms with Gasteiger partial charge in [-0.15, -0.1) is 0 Å². The Morgan fingerprint density at radius 1 is 1.04 bits per heavy atom. The van der Waals surface area contributed by atoms with Crippen LogP contribution in [0.2, 0.25) is 0 Å². The van der Waals surface area contributed by atoms with Crippen LogP contribution in [0.1, 0.15) is 22.5 Å². The second-order valence-corrected chi connectivity index (χ2v) is 5.80. The number of benzene rings is 2. The lowest BCUT2D eigenvalue weighted by atomic mass is 10.0. The van der Waals surface area contributed by atoms with Crippen molar-refractivity contribution in [2.24, 2.45) is 0 Å². The van der Waals surface area contributed by atoms with E-state index in [4.69, 9.17) is 9.26 Å². The Bertz CT molecular complexity index is 832. The molecule has 1 heterocycles. The van der Waals surface area contributed by atoms with E-state index in [0.717, 1.165) is 28.0 Å². The average molecular weight is 337 g/mol. The summed E-state index contributed by atoms with van der Waals surface area (Å²) in [4.78, 5) is 10.2. The molecule has 5 nitrogen and oxygen atoms in total. The smallest absolute Gasteiger partial charge is 0.293 e. The van der Waals surface area contributed by atoms with Crippen LogP contribution in [0.4, 0.5) is 0 Å². The van der Waals surface area contributed by atoms with Gasteiger partial charge >= 0.3 is 0 Å². The highest BCUT2D eigenvalue weighted by Gasteiger charge is 2.12. The van der Waals surface area contributed by atoms with Gasteiger partial charge in [-0.3, -0.25) is 4.79 Å². The summed E-state index contributed by atoms with van der Waals surface area (Å²) < 4.78 is 15.8. The largest absolute Gasteiger partial charge is 0.488 e. The Morgan fingerprint density at radius 3 is 2.44 bits per heavy atom. The first-order chi connectivity index (χ1) is 12.2. The molecule has 5 heteroatoms. The van der Waals surface area contributed by atoms with Crippen LogP contribution in [0, 0.1) is 13.8 Å². The molecule has 0 aliphatic heterocycles. The molecule has 0 unspecified atom stereocenters. The Morgan fingerprint density at radius 2 is 1.76 bits per heavy atom. The molecule has 0 amide bonds. The topological polar surface area (TPSA) is 61.6 Å². The number of carbonyl (C=O) groups is 1. The first-order valence-electron chi connectivity index (χ1n) is 7.96. The predicted molar refractivity (Wildman–Crippen MR) is 93.0 cm³/mol. The van der Waals surface area contributed by atoms with Gasteiger partial charge in [0.2, 0.25) is 0 Å². The fourth-order valence-electron chi connectivity index (χ4n) is 2.69. The predicted octanol–water partition coefficient (Wildman–Crippen LogP) is 4.21. The van der Waals surface area contributed by atoms with Gasteiger partial charge in [0.15, 0.2) is 12.4 Å². The van der Waals surface area contributed by atoms with Crippen LogP contribution in [-0.2, 0) is 22.7 Å². The van der Waals surface area contributed by atoms with Gasteiger partial charge in [0.1, 0.15) is 18.1 Å². The lowest BCUT2D eigenvalue weighted by molar-refractivity contribution is -0.130. The van der Waals surface area contributed by atoms with Crippen LogP contribution in [0.25, 0.3) is 11.3 Å². The molecular weight excluding hydrogens is 318 g/mol. The number of hydrogen-bond donors (Lipinski definition) is 0. The second kappa shape index (κ2) is 7.66. The zero-order chi connectivity index (χ0) is 17.6. The summed E-state index contributed by atoms with van der Waals surface area (Å²) >= 11 is 0. The second-order valence-electron chi connectivity index (χ2n) is 5.80. The van der Waals surface area contributed by atoms with Crippen LogP contribution in [0.5, 0.6) is 5.75 Å². The molecule has 0 radical (unpaired) electrons. The Labute approximate surface area is 146 Å².